The molecule has 0 fully saturated rings. The van der Waals surface area contributed by atoms with Gasteiger partial charge in [-0.05, 0) is 25.0 Å². The summed E-state index contributed by atoms with van der Waals surface area (Å²) in [5.74, 6) is 2.26. The first-order valence-electron chi connectivity index (χ1n) is 10.5. The first-order chi connectivity index (χ1) is 15.3. The molecule has 0 amide bonds. The Hall–Kier alpha value is -3.19. The van der Waals surface area contributed by atoms with Gasteiger partial charge < -0.3 is 10.2 Å². The number of fused-ring (bicyclic) bond motifs is 1. The van der Waals surface area contributed by atoms with Crippen LogP contribution in [0.25, 0.3) is 11.0 Å². The lowest BCUT2D eigenvalue weighted by Gasteiger charge is -2.18. The number of hydrogen-bond donors (Lipinski definition) is 1. The van der Waals surface area contributed by atoms with Crippen LogP contribution in [0.5, 0.6) is 0 Å². The van der Waals surface area contributed by atoms with Gasteiger partial charge in [0, 0.05) is 31.6 Å². The molecule has 0 saturated carbocycles. The number of nitrogens with one attached hydrogen (secondary N) is 1. The maximum Gasteiger partial charge on any atom is 0.227 e. The minimum atomic E-state index is 0.665. The van der Waals surface area contributed by atoms with Crippen molar-refractivity contribution >= 4 is 34.6 Å². The number of aromatic nitrogens is 4. The van der Waals surface area contributed by atoms with E-state index in [1.54, 1.807) is 11.8 Å². The molecular weight excluding hydrogens is 404 g/mol. The zero-order chi connectivity index (χ0) is 21.5. The molecule has 0 aliphatic carbocycles. The third kappa shape index (κ3) is 5.30. The van der Waals surface area contributed by atoms with Gasteiger partial charge in [0.2, 0.25) is 5.95 Å². The quantitative estimate of drug-likeness (QED) is 0.290. The van der Waals surface area contributed by atoms with Crippen molar-refractivity contribution in [2.24, 2.45) is 0 Å². The zero-order valence-corrected chi connectivity index (χ0v) is 18.6. The molecule has 0 radical (unpaired) electrons. The molecule has 0 aliphatic rings. The van der Waals surface area contributed by atoms with Crippen LogP contribution < -0.4 is 10.2 Å². The normalized spacial score (nSPS) is 10.9. The molecule has 0 bridgehead atoms. The second kappa shape index (κ2) is 10.2. The predicted octanol–water partition coefficient (Wildman–Crippen LogP) is 5.17. The third-order valence-corrected chi connectivity index (χ3v) is 5.90. The molecule has 2 heterocycles. The standard InChI is InChI=1S/C24H26N6S/c1-3-30(4-2)23-26-16-20-21(25-15-18-11-7-5-8-12-18)28-24(29-22(20)27-23)31-17-19-13-9-6-10-14-19/h5-14,16H,3-4,15,17H2,1-2H3,(H,25,26,27,28,29). The lowest BCUT2D eigenvalue weighted by atomic mass is 10.2. The van der Waals surface area contributed by atoms with Crippen molar-refractivity contribution in [2.75, 3.05) is 23.3 Å². The second-order valence-electron chi connectivity index (χ2n) is 7.05. The fourth-order valence-electron chi connectivity index (χ4n) is 3.25. The Bertz CT molecular complexity index is 1120. The molecule has 2 aromatic carbocycles. The van der Waals surface area contributed by atoms with Crippen molar-refractivity contribution in [1.29, 1.82) is 0 Å². The summed E-state index contributed by atoms with van der Waals surface area (Å²) in [4.78, 5) is 21.0. The van der Waals surface area contributed by atoms with E-state index in [-0.39, 0.29) is 0 Å². The number of thioether (sulfide) groups is 1. The maximum absolute atomic E-state index is 4.79. The van der Waals surface area contributed by atoms with Crippen molar-refractivity contribution in [3.63, 3.8) is 0 Å². The van der Waals surface area contributed by atoms with E-state index in [1.807, 2.05) is 42.6 Å². The number of anilines is 2. The van der Waals surface area contributed by atoms with Crippen LogP contribution in [0.3, 0.4) is 0 Å². The average Bonchev–Trinajstić information content (AvgIpc) is 2.83. The van der Waals surface area contributed by atoms with E-state index in [2.05, 4.69) is 53.3 Å². The Morgan fingerprint density at radius 3 is 2.19 bits per heavy atom. The van der Waals surface area contributed by atoms with Crippen LogP contribution in [0, 0.1) is 0 Å². The highest BCUT2D eigenvalue weighted by atomic mass is 32.2. The minimum Gasteiger partial charge on any atom is -0.365 e. The molecule has 2 aromatic heterocycles. The van der Waals surface area contributed by atoms with Crippen LogP contribution in [-0.2, 0) is 12.3 Å². The van der Waals surface area contributed by atoms with Gasteiger partial charge in [-0.15, -0.1) is 0 Å². The van der Waals surface area contributed by atoms with Gasteiger partial charge in [0.05, 0.1) is 5.39 Å². The smallest absolute Gasteiger partial charge is 0.227 e. The van der Waals surface area contributed by atoms with Gasteiger partial charge in [-0.3, -0.25) is 0 Å². The summed E-state index contributed by atoms with van der Waals surface area (Å²) in [5, 5.41) is 5.00. The highest BCUT2D eigenvalue weighted by molar-refractivity contribution is 7.98. The van der Waals surface area contributed by atoms with E-state index in [4.69, 9.17) is 15.0 Å². The summed E-state index contributed by atoms with van der Waals surface area (Å²) >= 11 is 1.61. The minimum absolute atomic E-state index is 0.665. The predicted molar refractivity (Wildman–Crippen MR) is 128 cm³/mol. The van der Waals surface area contributed by atoms with Crippen molar-refractivity contribution < 1.29 is 0 Å². The number of benzene rings is 2. The summed E-state index contributed by atoms with van der Waals surface area (Å²) in [7, 11) is 0. The first kappa shape index (κ1) is 21.1. The van der Waals surface area contributed by atoms with Gasteiger partial charge in [0.25, 0.3) is 0 Å². The molecule has 0 aliphatic heterocycles. The van der Waals surface area contributed by atoms with Crippen LogP contribution in [0.15, 0.2) is 72.0 Å². The largest absolute Gasteiger partial charge is 0.365 e. The van der Waals surface area contributed by atoms with Gasteiger partial charge in [-0.2, -0.15) is 4.98 Å². The molecular formula is C24H26N6S. The van der Waals surface area contributed by atoms with Crippen LogP contribution >= 0.6 is 11.8 Å². The van der Waals surface area contributed by atoms with Crippen molar-refractivity contribution in [2.45, 2.75) is 31.3 Å². The van der Waals surface area contributed by atoms with E-state index < -0.39 is 0 Å². The summed E-state index contributed by atoms with van der Waals surface area (Å²) in [6.07, 6.45) is 1.83. The Balaban J connectivity index is 1.66. The Morgan fingerprint density at radius 2 is 1.52 bits per heavy atom. The summed E-state index contributed by atoms with van der Waals surface area (Å²) < 4.78 is 0. The first-order valence-corrected chi connectivity index (χ1v) is 11.5. The lowest BCUT2D eigenvalue weighted by Crippen LogP contribution is -2.24. The van der Waals surface area contributed by atoms with Gasteiger partial charge in [0.1, 0.15) is 5.82 Å². The maximum atomic E-state index is 4.79. The Labute approximate surface area is 187 Å². The second-order valence-corrected chi connectivity index (χ2v) is 7.99. The van der Waals surface area contributed by atoms with E-state index in [9.17, 15) is 0 Å². The topological polar surface area (TPSA) is 66.8 Å². The van der Waals surface area contributed by atoms with Gasteiger partial charge in [-0.25, -0.2) is 15.0 Å². The number of nitrogens with zero attached hydrogens (tertiary/aromatic N) is 5. The van der Waals surface area contributed by atoms with E-state index in [1.165, 1.54) is 11.1 Å². The number of hydrogen-bond acceptors (Lipinski definition) is 7. The van der Waals surface area contributed by atoms with Gasteiger partial charge in [0.15, 0.2) is 10.8 Å². The Kier molecular flexibility index (Phi) is 6.94. The lowest BCUT2D eigenvalue weighted by molar-refractivity contribution is 0.822. The number of rotatable bonds is 9. The SMILES string of the molecule is CCN(CC)c1ncc2c(NCc3ccccc3)nc(SCc3ccccc3)nc2n1. The molecule has 0 saturated heterocycles. The van der Waals surface area contributed by atoms with Crippen molar-refractivity contribution in [1.82, 2.24) is 19.9 Å². The van der Waals surface area contributed by atoms with Crippen LogP contribution in [0.2, 0.25) is 0 Å². The van der Waals surface area contributed by atoms with Crippen molar-refractivity contribution in [3.8, 4) is 0 Å². The molecule has 4 aromatic rings. The van der Waals surface area contributed by atoms with E-state index in [0.717, 1.165) is 30.0 Å². The van der Waals surface area contributed by atoms with Crippen molar-refractivity contribution in [3.05, 3.63) is 78.0 Å². The molecule has 4 rings (SSSR count). The summed E-state index contributed by atoms with van der Waals surface area (Å²) in [6, 6.07) is 20.6. The van der Waals surface area contributed by atoms with Gasteiger partial charge in [-0.1, -0.05) is 72.4 Å². The molecule has 158 valence electrons. The molecule has 7 heteroatoms. The summed E-state index contributed by atoms with van der Waals surface area (Å²) in [5.41, 5.74) is 3.09. The third-order valence-electron chi connectivity index (χ3n) is 4.98. The summed E-state index contributed by atoms with van der Waals surface area (Å²) in [6.45, 7) is 6.58. The fourth-order valence-corrected chi connectivity index (χ4v) is 4.04. The monoisotopic (exact) mass is 430 g/mol. The van der Waals surface area contributed by atoms with E-state index in [0.29, 0.717) is 23.3 Å². The average molecular weight is 431 g/mol. The van der Waals surface area contributed by atoms with E-state index >= 15 is 0 Å². The van der Waals surface area contributed by atoms with Crippen LogP contribution in [-0.4, -0.2) is 33.0 Å². The molecule has 1 N–H and O–H groups in total. The molecule has 6 nitrogen and oxygen atoms in total. The highest BCUT2D eigenvalue weighted by Crippen LogP contribution is 2.26. The molecule has 31 heavy (non-hydrogen) atoms. The van der Waals surface area contributed by atoms with Gasteiger partial charge >= 0.3 is 0 Å². The Morgan fingerprint density at radius 1 is 0.839 bits per heavy atom. The zero-order valence-electron chi connectivity index (χ0n) is 17.8. The van der Waals surface area contributed by atoms with Crippen LogP contribution in [0.1, 0.15) is 25.0 Å². The molecule has 0 atom stereocenters. The molecule has 0 unspecified atom stereocenters. The van der Waals surface area contributed by atoms with Crippen LogP contribution in [0.4, 0.5) is 11.8 Å². The fraction of sp³-hybridized carbons (Fsp3) is 0.250. The molecule has 0 spiro atoms. The highest BCUT2D eigenvalue weighted by Gasteiger charge is 2.13.